The van der Waals surface area contributed by atoms with Crippen LogP contribution in [0.3, 0.4) is 0 Å². The fraction of sp³-hybridized carbons (Fsp3) is 0.909. The third-order valence-electron chi connectivity index (χ3n) is 2.31. The molecule has 0 aliphatic rings. The van der Waals surface area contributed by atoms with Crippen LogP contribution in [-0.4, -0.2) is 45.9 Å². The van der Waals surface area contributed by atoms with Gasteiger partial charge in [0.25, 0.3) is 0 Å². The second-order valence-corrected chi connectivity index (χ2v) is 4.30. The first-order valence-corrected chi connectivity index (χ1v) is 5.59. The van der Waals surface area contributed by atoms with Gasteiger partial charge in [0.1, 0.15) is 0 Å². The van der Waals surface area contributed by atoms with E-state index in [0.717, 1.165) is 6.42 Å². The zero-order chi connectivity index (χ0) is 12.4. The summed E-state index contributed by atoms with van der Waals surface area (Å²) in [5.41, 5.74) is 5.00. The summed E-state index contributed by atoms with van der Waals surface area (Å²) < 4.78 is 10.1. The lowest BCUT2D eigenvalue weighted by Gasteiger charge is -2.21. The summed E-state index contributed by atoms with van der Waals surface area (Å²) in [5, 5.41) is 2.83. The van der Waals surface area contributed by atoms with E-state index in [1.807, 2.05) is 13.8 Å². The molecule has 16 heavy (non-hydrogen) atoms. The van der Waals surface area contributed by atoms with Crippen molar-refractivity contribution in [2.75, 3.05) is 40.0 Å². The normalized spacial score (nSPS) is 11.5. The Balaban J connectivity index is 3.42. The van der Waals surface area contributed by atoms with Crippen LogP contribution in [0.4, 0.5) is 0 Å². The number of hydrogen-bond donors (Lipinski definition) is 2. The zero-order valence-corrected chi connectivity index (χ0v) is 10.5. The van der Waals surface area contributed by atoms with Crippen molar-refractivity contribution in [2.24, 2.45) is 11.1 Å². The fourth-order valence-corrected chi connectivity index (χ4v) is 0.952. The first kappa shape index (κ1) is 15.3. The van der Waals surface area contributed by atoms with Gasteiger partial charge in [-0.25, -0.2) is 0 Å². The van der Waals surface area contributed by atoms with E-state index in [1.54, 1.807) is 7.11 Å². The molecule has 0 heterocycles. The number of amides is 1. The Kier molecular flexibility index (Phi) is 8.15. The number of hydrogen-bond acceptors (Lipinski definition) is 4. The molecule has 1 amide bonds. The van der Waals surface area contributed by atoms with Gasteiger partial charge in [0.2, 0.25) is 5.91 Å². The van der Waals surface area contributed by atoms with Crippen molar-refractivity contribution in [2.45, 2.75) is 20.3 Å². The molecule has 0 aromatic heterocycles. The predicted octanol–water partition coefficient (Wildman–Crippen LogP) is 0.141. The molecule has 0 aliphatic carbocycles. The molecule has 0 aromatic rings. The molecule has 0 unspecified atom stereocenters. The molecule has 0 radical (unpaired) electrons. The van der Waals surface area contributed by atoms with Crippen LogP contribution in [-0.2, 0) is 14.3 Å². The Morgan fingerprint density at radius 1 is 1.31 bits per heavy atom. The van der Waals surface area contributed by atoms with Gasteiger partial charge in [0.05, 0.1) is 18.6 Å². The van der Waals surface area contributed by atoms with Gasteiger partial charge in [-0.2, -0.15) is 0 Å². The summed E-state index contributed by atoms with van der Waals surface area (Å²) in [5.74, 6) is -0.00751. The molecule has 96 valence electrons. The highest BCUT2D eigenvalue weighted by atomic mass is 16.5. The maximum Gasteiger partial charge on any atom is 0.226 e. The second kappa shape index (κ2) is 8.50. The topological polar surface area (TPSA) is 73.6 Å². The van der Waals surface area contributed by atoms with Gasteiger partial charge in [-0.1, -0.05) is 0 Å². The minimum Gasteiger partial charge on any atom is -0.382 e. The van der Waals surface area contributed by atoms with Crippen LogP contribution >= 0.6 is 0 Å². The molecule has 0 rings (SSSR count). The molecule has 5 nitrogen and oxygen atoms in total. The summed E-state index contributed by atoms with van der Waals surface area (Å²) in [6.45, 7) is 6.46. The summed E-state index contributed by atoms with van der Waals surface area (Å²) in [6, 6.07) is 0. The third kappa shape index (κ3) is 6.76. The van der Waals surface area contributed by atoms with E-state index in [0.29, 0.717) is 32.9 Å². The van der Waals surface area contributed by atoms with Crippen molar-refractivity contribution in [3.63, 3.8) is 0 Å². The first-order chi connectivity index (χ1) is 7.54. The largest absolute Gasteiger partial charge is 0.382 e. The summed E-state index contributed by atoms with van der Waals surface area (Å²) in [4.78, 5) is 11.6. The molecule has 0 aliphatic heterocycles. The van der Waals surface area contributed by atoms with Gasteiger partial charge in [-0.3, -0.25) is 4.79 Å². The maximum atomic E-state index is 11.6. The van der Waals surface area contributed by atoms with Crippen molar-refractivity contribution < 1.29 is 14.3 Å². The third-order valence-corrected chi connectivity index (χ3v) is 2.31. The Morgan fingerprint density at radius 2 is 2.00 bits per heavy atom. The number of carbonyl (C=O) groups excluding carboxylic acids is 1. The quantitative estimate of drug-likeness (QED) is 0.555. The van der Waals surface area contributed by atoms with Crippen LogP contribution in [0.5, 0.6) is 0 Å². The predicted molar refractivity (Wildman–Crippen MR) is 63.2 cm³/mol. The highest BCUT2D eigenvalue weighted by Gasteiger charge is 2.24. The smallest absolute Gasteiger partial charge is 0.226 e. The average molecular weight is 232 g/mol. The molecule has 3 N–H and O–H groups in total. The Bertz CT molecular complexity index is 196. The lowest BCUT2D eigenvalue weighted by Crippen LogP contribution is -2.42. The molecular weight excluding hydrogens is 208 g/mol. The number of rotatable bonds is 9. The molecule has 0 atom stereocenters. The maximum absolute atomic E-state index is 11.6. The van der Waals surface area contributed by atoms with Crippen LogP contribution in [0.2, 0.25) is 0 Å². The van der Waals surface area contributed by atoms with Gasteiger partial charge in [0, 0.05) is 26.8 Å². The standard InChI is InChI=1S/C11H24N2O3/c1-11(2,9-12)10(14)13-5-4-6-16-8-7-15-3/h4-9,12H2,1-3H3,(H,13,14). The van der Waals surface area contributed by atoms with E-state index in [1.165, 1.54) is 0 Å². The fourth-order valence-electron chi connectivity index (χ4n) is 0.952. The average Bonchev–Trinajstić information content (AvgIpc) is 2.27. The molecule has 0 saturated heterocycles. The van der Waals surface area contributed by atoms with Crippen LogP contribution in [0.1, 0.15) is 20.3 Å². The minimum atomic E-state index is -0.489. The number of ether oxygens (including phenoxy) is 2. The summed E-state index contributed by atoms with van der Waals surface area (Å²) in [7, 11) is 1.64. The van der Waals surface area contributed by atoms with Crippen molar-refractivity contribution in [1.82, 2.24) is 5.32 Å². The Hall–Kier alpha value is -0.650. The highest BCUT2D eigenvalue weighted by Crippen LogP contribution is 2.11. The number of nitrogens with two attached hydrogens (primary N) is 1. The lowest BCUT2D eigenvalue weighted by atomic mass is 9.93. The van der Waals surface area contributed by atoms with Crippen molar-refractivity contribution >= 4 is 5.91 Å². The Labute approximate surface area is 97.7 Å². The van der Waals surface area contributed by atoms with Crippen LogP contribution in [0.25, 0.3) is 0 Å². The van der Waals surface area contributed by atoms with Gasteiger partial charge in [-0.05, 0) is 20.3 Å². The van der Waals surface area contributed by atoms with Gasteiger partial charge in [-0.15, -0.1) is 0 Å². The Morgan fingerprint density at radius 3 is 2.56 bits per heavy atom. The van der Waals surface area contributed by atoms with Crippen LogP contribution in [0.15, 0.2) is 0 Å². The molecule has 0 spiro atoms. The number of nitrogens with one attached hydrogen (secondary N) is 1. The molecule has 0 saturated carbocycles. The minimum absolute atomic E-state index is 0.00751. The molecular formula is C11H24N2O3. The monoisotopic (exact) mass is 232 g/mol. The molecule has 5 heteroatoms. The van der Waals surface area contributed by atoms with Gasteiger partial charge >= 0.3 is 0 Å². The van der Waals surface area contributed by atoms with Crippen LogP contribution < -0.4 is 11.1 Å². The number of carbonyl (C=O) groups is 1. The van der Waals surface area contributed by atoms with Crippen LogP contribution in [0, 0.1) is 5.41 Å². The lowest BCUT2D eigenvalue weighted by molar-refractivity contribution is -0.128. The van der Waals surface area contributed by atoms with E-state index in [4.69, 9.17) is 15.2 Å². The highest BCUT2D eigenvalue weighted by molar-refractivity contribution is 5.81. The zero-order valence-electron chi connectivity index (χ0n) is 10.5. The van der Waals surface area contributed by atoms with E-state index >= 15 is 0 Å². The SMILES string of the molecule is COCCOCCCNC(=O)C(C)(C)CN. The van der Waals surface area contributed by atoms with E-state index in [-0.39, 0.29) is 5.91 Å². The van der Waals surface area contributed by atoms with Gasteiger partial charge < -0.3 is 20.5 Å². The molecule has 0 bridgehead atoms. The molecule has 0 fully saturated rings. The van der Waals surface area contributed by atoms with Gasteiger partial charge in [0.15, 0.2) is 0 Å². The van der Waals surface area contributed by atoms with E-state index in [2.05, 4.69) is 5.32 Å². The second-order valence-electron chi connectivity index (χ2n) is 4.30. The summed E-state index contributed by atoms with van der Waals surface area (Å²) >= 11 is 0. The van der Waals surface area contributed by atoms with Crippen molar-refractivity contribution in [3.8, 4) is 0 Å². The first-order valence-electron chi connectivity index (χ1n) is 5.59. The van der Waals surface area contributed by atoms with Crippen molar-refractivity contribution in [1.29, 1.82) is 0 Å². The summed E-state index contributed by atoms with van der Waals surface area (Å²) in [6.07, 6.45) is 0.802. The van der Waals surface area contributed by atoms with E-state index in [9.17, 15) is 4.79 Å². The van der Waals surface area contributed by atoms with E-state index < -0.39 is 5.41 Å². The molecule has 0 aromatic carbocycles. The number of methoxy groups -OCH3 is 1. The van der Waals surface area contributed by atoms with Crippen molar-refractivity contribution in [3.05, 3.63) is 0 Å².